The molecule has 0 unspecified atom stereocenters. The molecule has 6 heteroatoms. The molecule has 0 fully saturated rings. The molecule has 0 saturated heterocycles. The number of rotatable bonds is 3. The Morgan fingerprint density at radius 3 is 2.41 bits per heavy atom. The number of hydrogen-bond donors (Lipinski definition) is 1. The van der Waals surface area contributed by atoms with E-state index in [4.69, 9.17) is 4.74 Å². The maximum Gasteiger partial charge on any atom is 0.204 e. The largest absolute Gasteiger partial charge is 0.480 e. The van der Waals surface area contributed by atoms with Crippen LogP contribution in [0.3, 0.4) is 0 Å². The van der Waals surface area contributed by atoms with Crippen LogP contribution in [0, 0.1) is 0 Å². The lowest BCUT2D eigenvalue weighted by molar-refractivity contribution is 0.0963. The van der Waals surface area contributed by atoms with Crippen LogP contribution in [0.1, 0.15) is 27.6 Å². The normalized spacial score (nSPS) is 17.0. The second kappa shape index (κ2) is 7.16. The summed E-state index contributed by atoms with van der Waals surface area (Å²) in [5.41, 5.74) is 3.85. The van der Waals surface area contributed by atoms with Crippen molar-refractivity contribution in [3.8, 4) is 17.1 Å². The van der Waals surface area contributed by atoms with Gasteiger partial charge in [0.1, 0.15) is 5.75 Å². The SMILES string of the molecule is O=C1/C(=C/c2ccc(-c3nn[nH]n3)cc2)[C@H](c2ccccc2)Oc2ccccc21. The molecule has 1 aromatic heterocycles. The number of benzene rings is 3. The summed E-state index contributed by atoms with van der Waals surface area (Å²) in [6.45, 7) is 0. The van der Waals surface area contributed by atoms with Gasteiger partial charge in [-0.25, -0.2) is 0 Å². The van der Waals surface area contributed by atoms with Crippen molar-refractivity contribution in [3.63, 3.8) is 0 Å². The maximum absolute atomic E-state index is 13.3. The minimum atomic E-state index is -0.463. The average Bonchev–Trinajstić information content (AvgIpc) is 3.32. The first-order chi connectivity index (χ1) is 14.3. The van der Waals surface area contributed by atoms with Crippen LogP contribution in [-0.2, 0) is 0 Å². The predicted molar refractivity (Wildman–Crippen MR) is 108 cm³/mol. The van der Waals surface area contributed by atoms with E-state index in [1.807, 2.05) is 78.9 Å². The van der Waals surface area contributed by atoms with E-state index in [1.54, 1.807) is 6.07 Å². The van der Waals surface area contributed by atoms with Crippen molar-refractivity contribution in [1.29, 1.82) is 0 Å². The molecule has 0 aliphatic carbocycles. The highest BCUT2D eigenvalue weighted by Gasteiger charge is 2.32. The second-order valence-corrected chi connectivity index (χ2v) is 6.69. The van der Waals surface area contributed by atoms with Gasteiger partial charge in [0.05, 0.1) is 5.56 Å². The Morgan fingerprint density at radius 2 is 1.66 bits per heavy atom. The van der Waals surface area contributed by atoms with Crippen LogP contribution >= 0.6 is 0 Å². The molecule has 1 atom stereocenters. The number of aromatic nitrogens is 4. The summed E-state index contributed by atoms with van der Waals surface area (Å²) in [6, 6.07) is 24.8. The van der Waals surface area contributed by atoms with Gasteiger partial charge in [-0.1, -0.05) is 66.7 Å². The number of nitrogens with zero attached hydrogens (tertiary/aromatic N) is 3. The first-order valence-corrected chi connectivity index (χ1v) is 9.20. The van der Waals surface area contributed by atoms with Gasteiger partial charge in [0, 0.05) is 11.1 Å². The molecule has 6 nitrogen and oxygen atoms in total. The minimum absolute atomic E-state index is 0.0250. The fourth-order valence-corrected chi connectivity index (χ4v) is 3.43. The van der Waals surface area contributed by atoms with E-state index in [1.165, 1.54) is 0 Å². The molecule has 140 valence electrons. The number of carbonyl (C=O) groups is 1. The van der Waals surface area contributed by atoms with E-state index in [9.17, 15) is 4.79 Å². The monoisotopic (exact) mass is 380 g/mol. The van der Waals surface area contributed by atoms with Gasteiger partial charge in [-0.15, -0.1) is 10.2 Å². The van der Waals surface area contributed by atoms with Crippen LogP contribution in [0.5, 0.6) is 5.75 Å². The Morgan fingerprint density at radius 1 is 0.897 bits per heavy atom. The smallest absolute Gasteiger partial charge is 0.204 e. The van der Waals surface area contributed by atoms with E-state index in [0.29, 0.717) is 22.7 Å². The third-order valence-electron chi connectivity index (χ3n) is 4.86. The van der Waals surface area contributed by atoms with Crippen LogP contribution in [0.15, 0.2) is 84.4 Å². The lowest BCUT2D eigenvalue weighted by Gasteiger charge is -2.28. The highest BCUT2D eigenvalue weighted by molar-refractivity contribution is 6.14. The number of carbonyl (C=O) groups excluding carboxylic acids is 1. The molecule has 5 rings (SSSR count). The van der Waals surface area contributed by atoms with E-state index in [2.05, 4.69) is 20.6 Å². The fourth-order valence-electron chi connectivity index (χ4n) is 3.43. The summed E-state index contributed by atoms with van der Waals surface area (Å²) in [7, 11) is 0. The summed E-state index contributed by atoms with van der Waals surface area (Å²) in [4.78, 5) is 13.3. The van der Waals surface area contributed by atoms with Gasteiger partial charge >= 0.3 is 0 Å². The van der Waals surface area contributed by atoms with Crippen LogP contribution in [0.25, 0.3) is 17.5 Å². The summed E-state index contributed by atoms with van der Waals surface area (Å²) >= 11 is 0. The summed E-state index contributed by atoms with van der Waals surface area (Å²) in [6.07, 6.45) is 1.42. The quantitative estimate of drug-likeness (QED) is 0.537. The molecule has 0 spiro atoms. The molecule has 2 heterocycles. The molecule has 1 N–H and O–H groups in total. The van der Waals surface area contributed by atoms with Crippen LogP contribution in [0.2, 0.25) is 0 Å². The average molecular weight is 380 g/mol. The van der Waals surface area contributed by atoms with Crippen LogP contribution in [0.4, 0.5) is 0 Å². The highest BCUT2D eigenvalue weighted by Crippen LogP contribution is 2.39. The number of fused-ring (bicyclic) bond motifs is 1. The van der Waals surface area contributed by atoms with Gasteiger partial charge < -0.3 is 4.74 Å². The maximum atomic E-state index is 13.3. The van der Waals surface area contributed by atoms with E-state index in [-0.39, 0.29) is 5.78 Å². The molecular formula is C23H16N4O2. The molecule has 0 radical (unpaired) electrons. The first-order valence-electron chi connectivity index (χ1n) is 9.20. The lowest BCUT2D eigenvalue weighted by Crippen LogP contribution is -2.23. The summed E-state index contributed by atoms with van der Waals surface area (Å²) in [5, 5.41) is 14.0. The van der Waals surface area contributed by atoms with Crippen molar-refractivity contribution in [1.82, 2.24) is 20.6 Å². The van der Waals surface area contributed by atoms with Gasteiger partial charge in [-0.2, -0.15) is 5.21 Å². The summed E-state index contributed by atoms with van der Waals surface area (Å²) < 4.78 is 6.23. The molecule has 29 heavy (non-hydrogen) atoms. The topological polar surface area (TPSA) is 80.8 Å². The van der Waals surface area contributed by atoms with Gasteiger partial charge in [0.25, 0.3) is 0 Å². The number of H-pyrrole nitrogens is 1. The minimum Gasteiger partial charge on any atom is -0.480 e. The Bertz CT molecular complexity index is 1180. The van der Waals surface area contributed by atoms with Crippen molar-refractivity contribution >= 4 is 11.9 Å². The number of aromatic amines is 1. The number of ether oxygens (including phenoxy) is 1. The van der Waals surface area contributed by atoms with E-state index < -0.39 is 6.10 Å². The zero-order valence-electron chi connectivity index (χ0n) is 15.3. The highest BCUT2D eigenvalue weighted by atomic mass is 16.5. The Labute approximate surface area is 166 Å². The Balaban J connectivity index is 1.57. The van der Waals surface area contributed by atoms with Crippen molar-refractivity contribution in [3.05, 3.63) is 101 Å². The van der Waals surface area contributed by atoms with Gasteiger partial charge in [0.2, 0.25) is 5.82 Å². The fraction of sp³-hybridized carbons (Fsp3) is 0.0435. The lowest BCUT2D eigenvalue weighted by atomic mass is 9.89. The Hall–Kier alpha value is -4.06. The van der Waals surface area contributed by atoms with Crippen molar-refractivity contribution in [2.75, 3.05) is 0 Å². The van der Waals surface area contributed by atoms with Crippen molar-refractivity contribution in [2.45, 2.75) is 6.10 Å². The van der Waals surface area contributed by atoms with Crippen molar-refractivity contribution < 1.29 is 9.53 Å². The predicted octanol–water partition coefficient (Wildman–Crippen LogP) is 4.27. The number of Topliss-reactive ketones (excluding diaryl/α,β-unsaturated/α-hetero) is 1. The van der Waals surface area contributed by atoms with E-state index >= 15 is 0 Å². The third-order valence-corrected chi connectivity index (χ3v) is 4.86. The second-order valence-electron chi connectivity index (χ2n) is 6.69. The standard InChI is InChI=1S/C23H16N4O2/c28-21-18-8-4-5-9-20(18)29-22(16-6-2-1-3-7-16)19(21)14-15-10-12-17(13-11-15)23-24-26-27-25-23/h1-14,22H,(H,24,25,26,27)/b19-14-/t22-/m0/s1. The molecule has 1 aliphatic heterocycles. The molecule has 4 aromatic rings. The van der Waals surface area contributed by atoms with Crippen LogP contribution in [-0.4, -0.2) is 26.4 Å². The number of hydrogen-bond acceptors (Lipinski definition) is 5. The van der Waals surface area contributed by atoms with Gasteiger partial charge in [0.15, 0.2) is 11.9 Å². The number of ketones is 1. The zero-order valence-corrected chi connectivity index (χ0v) is 15.3. The van der Waals surface area contributed by atoms with E-state index in [0.717, 1.165) is 16.7 Å². The van der Waals surface area contributed by atoms with Gasteiger partial charge in [-0.3, -0.25) is 4.79 Å². The molecular weight excluding hydrogens is 364 g/mol. The van der Waals surface area contributed by atoms with Crippen LogP contribution < -0.4 is 4.74 Å². The van der Waals surface area contributed by atoms with Gasteiger partial charge in [-0.05, 0) is 34.5 Å². The van der Waals surface area contributed by atoms with Crippen molar-refractivity contribution in [2.24, 2.45) is 0 Å². The molecule has 1 aliphatic rings. The number of para-hydroxylation sites is 1. The summed E-state index contributed by atoms with van der Waals surface area (Å²) in [5.74, 6) is 1.11. The Kier molecular flexibility index (Phi) is 4.22. The number of nitrogens with one attached hydrogen (secondary N) is 1. The molecule has 0 saturated carbocycles. The third kappa shape index (κ3) is 3.21. The zero-order chi connectivity index (χ0) is 19.6. The molecule has 0 amide bonds. The number of tetrazole rings is 1. The first kappa shape index (κ1) is 17.1. The molecule has 0 bridgehead atoms. The molecule has 3 aromatic carbocycles.